The summed E-state index contributed by atoms with van der Waals surface area (Å²) in [6.07, 6.45) is 4.98. The second-order valence-electron chi connectivity index (χ2n) is 6.76. The Morgan fingerprint density at radius 2 is 1.75 bits per heavy atom. The largest absolute Gasteiger partial charge is 0.480 e. The van der Waals surface area contributed by atoms with Gasteiger partial charge < -0.3 is 10.4 Å². The maximum Gasteiger partial charge on any atom is 0.319 e. The van der Waals surface area contributed by atoms with Gasteiger partial charge in [-0.2, -0.15) is 0 Å². The van der Waals surface area contributed by atoms with E-state index in [-0.39, 0.29) is 30.7 Å². The van der Waals surface area contributed by atoms with Gasteiger partial charge in [0.1, 0.15) is 0 Å². The smallest absolute Gasteiger partial charge is 0.319 e. The van der Waals surface area contributed by atoms with Crippen molar-refractivity contribution in [2.24, 2.45) is 5.41 Å². The Morgan fingerprint density at radius 3 is 2.50 bits per heavy atom. The predicted octanol–water partition coefficient (Wildman–Crippen LogP) is 3.23. The van der Waals surface area contributed by atoms with E-state index >= 15 is 0 Å². The van der Waals surface area contributed by atoms with E-state index in [1.807, 2.05) is 18.2 Å². The monoisotopic (exact) mass is 321 g/mol. The number of carbonyl (C=O) groups is 2. The summed E-state index contributed by atoms with van der Waals surface area (Å²) in [6, 6.07) is 14.5. The molecule has 2 aromatic rings. The number of nitrogens with one attached hydrogen (secondary N) is 1. The average Bonchev–Trinajstić information content (AvgIpc) is 3.15. The van der Waals surface area contributed by atoms with Crippen LogP contribution in [0.3, 0.4) is 0 Å². The second kappa shape index (κ2) is 5.48. The molecule has 0 bridgehead atoms. The molecule has 1 fully saturated rings. The molecule has 4 heteroatoms. The highest BCUT2D eigenvalue weighted by molar-refractivity contribution is 6.03. The minimum Gasteiger partial charge on any atom is -0.480 e. The molecule has 0 aliphatic heterocycles. The number of amides is 1. The zero-order chi connectivity index (χ0) is 16.7. The molecule has 24 heavy (non-hydrogen) atoms. The van der Waals surface area contributed by atoms with E-state index in [1.165, 1.54) is 16.3 Å². The lowest BCUT2D eigenvalue weighted by Gasteiger charge is -2.22. The Bertz CT molecular complexity index is 842. The Labute approximate surface area is 140 Å². The average molecular weight is 321 g/mol. The van der Waals surface area contributed by atoms with Gasteiger partial charge in [0.15, 0.2) is 5.41 Å². The standard InChI is InChI=1S/C20H19NO3/c22-18(20(19(23)24)10-3-4-11-20)21-17-12-16(17)15-9-5-7-13-6-1-2-8-14(13)15/h1-9,16-17H,10-12H2,(H,21,22)(H,23,24)/t16-,17+/m0/s1. The van der Waals surface area contributed by atoms with Gasteiger partial charge in [-0.05, 0) is 35.6 Å². The van der Waals surface area contributed by atoms with E-state index < -0.39 is 11.4 Å². The van der Waals surface area contributed by atoms with Crippen LogP contribution in [-0.4, -0.2) is 23.0 Å². The van der Waals surface area contributed by atoms with E-state index in [0.717, 1.165) is 6.42 Å². The molecule has 0 aromatic heterocycles. The van der Waals surface area contributed by atoms with Gasteiger partial charge >= 0.3 is 5.97 Å². The summed E-state index contributed by atoms with van der Waals surface area (Å²) >= 11 is 0. The maximum atomic E-state index is 12.6. The highest BCUT2D eigenvalue weighted by atomic mass is 16.4. The van der Waals surface area contributed by atoms with Gasteiger partial charge in [0.05, 0.1) is 0 Å². The number of hydrogen-bond acceptors (Lipinski definition) is 2. The van der Waals surface area contributed by atoms with Crippen LogP contribution in [0.1, 0.15) is 30.7 Å². The van der Waals surface area contributed by atoms with Crippen LogP contribution in [0.5, 0.6) is 0 Å². The lowest BCUT2D eigenvalue weighted by atomic mass is 9.84. The Balaban J connectivity index is 1.52. The van der Waals surface area contributed by atoms with Crippen molar-refractivity contribution in [1.29, 1.82) is 0 Å². The second-order valence-corrected chi connectivity index (χ2v) is 6.76. The van der Waals surface area contributed by atoms with Crippen molar-refractivity contribution in [2.45, 2.75) is 31.2 Å². The summed E-state index contributed by atoms with van der Waals surface area (Å²) < 4.78 is 0. The van der Waals surface area contributed by atoms with Crippen LogP contribution in [0.2, 0.25) is 0 Å². The lowest BCUT2D eigenvalue weighted by molar-refractivity contribution is -0.155. The zero-order valence-electron chi connectivity index (χ0n) is 13.2. The number of allylic oxidation sites excluding steroid dienone is 2. The molecule has 2 N–H and O–H groups in total. The van der Waals surface area contributed by atoms with Crippen LogP contribution >= 0.6 is 0 Å². The van der Waals surface area contributed by atoms with Crippen LogP contribution in [0, 0.1) is 5.41 Å². The lowest BCUT2D eigenvalue weighted by Crippen LogP contribution is -2.46. The molecule has 4 rings (SSSR count). The molecule has 2 atom stereocenters. The molecule has 2 aromatic carbocycles. The first-order valence-electron chi connectivity index (χ1n) is 8.29. The normalized spacial score (nSPS) is 24.0. The first kappa shape index (κ1) is 14.9. The Kier molecular flexibility index (Phi) is 3.41. The van der Waals surface area contributed by atoms with Gasteiger partial charge in [0.2, 0.25) is 5.91 Å². The number of carbonyl (C=O) groups excluding carboxylic acids is 1. The molecular weight excluding hydrogens is 302 g/mol. The SMILES string of the molecule is O=C(O)C1(C(=O)N[C@@H]2C[C@H]2c2cccc3ccccc23)CC=CC1. The van der Waals surface area contributed by atoms with E-state index in [4.69, 9.17) is 0 Å². The molecule has 0 saturated heterocycles. The summed E-state index contributed by atoms with van der Waals surface area (Å²) in [4.78, 5) is 24.2. The van der Waals surface area contributed by atoms with Crippen molar-refractivity contribution in [3.05, 3.63) is 60.2 Å². The van der Waals surface area contributed by atoms with Crippen molar-refractivity contribution in [1.82, 2.24) is 5.32 Å². The van der Waals surface area contributed by atoms with Crippen LogP contribution in [0.25, 0.3) is 10.8 Å². The van der Waals surface area contributed by atoms with Crippen LogP contribution in [0.15, 0.2) is 54.6 Å². The molecule has 122 valence electrons. The fraction of sp³-hybridized carbons (Fsp3) is 0.300. The van der Waals surface area contributed by atoms with Gasteiger partial charge in [-0.3, -0.25) is 9.59 Å². The maximum absolute atomic E-state index is 12.6. The number of aliphatic carboxylic acids is 1. The Morgan fingerprint density at radius 1 is 1.04 bits per heavy atom. The van der Waals surface area contributed by atoms with Crippen molar-refractivity contribution >= 4 is 22.6 Å². The number of rotatable bonds is 4. The highest BCUT2D eigenvalue weighted by Gasteiger charge is 2.50. The first-order chi connectivity index (χ1) is 11.6. The Hall–Kier alpha value is -2.62. The third-order valence-corrected chi connectivity index (χ3v) is 5.27. The van der Waals surface area contributed by atoms with Gasteiger partial charge in [-0.25, -0.2) is 0 Å². The molecule has 1 amide bonds. The van der Waals surface area contributed by atoms with E-state index in [9.17, 15) is 14.7 Å². The number of hydrogen-bond donors (Lipinski definition) is 2. The molecule has 2 aliphatic rings. The molecular formula is C20H19NO3. The van der Waals surface area contributed by atoms with Crippen molar-refractivity contribution in [2.75, 3.05) is 0 Å². The molecule has 4 nitrogen and oxygen atoms in total. The van der Waals surface area contributed by atoms with Gasteiger partial charge in [-0.15, -0.1) is 0 Å². The summed E-state index contributed by atoms with van der Waals surface area (Å²) in [7, 11) is 0. The summed E-state index contributed by atoms with van der Waals surface area (Å²) in [5.74, 6) is -1.12. The molecule has 0 heterocycles. The van der Waals surface area contributed by atoms with E-state index in [2.05, 4.69) is 29.6 Å². The van der Waals surface area contributed by atoms with Crippen LogP contribution in [0.4, 0.5) is 0 Å². The van der Waals surface area contributed by atoms with Crippen LogP contribution < -0.4 is 5.32 Å². The molecule has 0 spiro atoms. The topological polar surface area (TPSA) is 66.4 Å². The molecule has 1 saturated carbocycles. The number of fused-ring (bicyclic) bond motifs is 1. The number of carboxylic acids is 1. The highest BCUT2D eigenvalue weighted by Crippen LogP contribution is 2.44. The zero-order valence-corrected chi connectivity index (χ0v) is 13.2. The summed E-state index contributed by atoms with van der Waals surface area (Å²) in [6.45, 7) is 0. The minimum absolute atomic E-state index is 0.0279. The third-order valence-electron chi connectivity index (χ3n) is 5.27. The van der Waals surface area contributed by atoms with Gasteiger partial charge in [0, 0.05) is 12.0 Å². The summed E-state index contributed by atoms with van der Waals surface area (Å²) in [5.41, 5.74) is -0.0846. The quantitative estimate of drug-likeness (QED) is 0.671. The fourth-order valence-corrected chi connectivity index (χ4v) is 3.69. The third kappa shape index (κ3) is 2.30. The number of benzene rings is 2. The van der Waals surface area contributed by atoms with Crippen molar-refractivity contribution < 1.29 is 14.7 Å². The van der Waals surface area contributed by atoms with E-state index in [1.54, 1.807) is 12.2 Å². The fourth-order valence-electron chi connectivity index (χ4n) is 3.69. The predicted molar refractivity (Wildman–Crippen MR) is 91.7 cm³/mol. The van der Waals surface area contributed by atoms with E-state index in [0.29, 0.717) is 0 Å². The van der Waals surface area contributed by atoms with Gasteiger partial charge in [-0.1, -0.05) is 54.6 Å². The molecule has 0 radical (unpaired) electrons. The first-order valence-corrected chi connectivity index (χ1v) is 8.29. The van der Waals surface area contributed by atoms with Crippen molar-refractivity contribution in [3.8, 4) is 0 Å². The number of carboxylic acid groups (broad SMARTS) is 1. The molecule has 0 unspecified atom stereocenters. The summed E-state index contributed by atoms with van der Waals surface area (Å²) in [5, 5.41) is 14.9. The minimum atomic E-state index is -1.31. The van der Waals surface area contributed by atoms with Crippen LogP contribution in [-0.2, 0) is 9.59 Å². The molecule has 2 aliphatic carbocycles. The van der Waals surface area contributed by atoms with Gasteiger partial charge in [0.25, 0.3) is 0 Å². The van der Waals surface area contributed by atoms with Crippen molar-refractivity contribution in [3.63, 3.8) is 0 Å².